The van der Waals surface area contributed by atoms with Gasteiger partial charge in [-0.3, -0.25) is 9.89 Å². The van der Waals surface area contributed by atoms with Crippen molar-refractivity contribution in [1.82, 2.24) is 10.2 Å². The zero-order valence-electron chi connectivity index (χ0n) is 6.11. The molecule has 12 heavy (non-hydrogen) atoms. The summed E-state index contributed by atoms with van der Waals surface area (Å²) in [4.78, 5) is 11.2. The summed E-state index contributed by atoms with van der Waals surface area (Å²) in [5, 5.41) is 15.8. The fraction of sp³-hybridized carbons (Fsp3) is 0. The van der Waals surface area contributed by atoms with Gasteiger partial charge in [0.15, 0.2) is 0 Å². The third kappa shape index (κ3) is 0.852. The van der Waals surface area contributed by atoms with Gasteiger partial charge in [-0.05, 0) is 12.1 Å². The fourth-order valence-electron chi connectivity index (χ4n) is 1.12. The van der Waals surface area contributed by atoms with Gasteiger partial charge in [0.25, 0.3) is 0 Å². The zero-order chi connectivity index (χ0) is 8.55. The summed E-state index contributed by atoms with van der Waals surface area (Å²) in [5.74, 6) is -0.0175. The highest BCUT2D eigenvalue weighted by Gasteiger charge is 2.01. The predicted octanol–water partition coefficient (Wildman–Crippen LogP) is 0.629. The van der Waals surface area contributed by atoms with Crippen molar-refractivity contribution in [3.8, 4) is 5.75 Å². The molecule has 2 aromatic rings. The van der Waals surface area contributed by atoms with E-state index < -0.39 is 0 Å². The molecule has 1 heterocycles. The molecule has 0 aliphatic heterocycles. The van der Waals surface area contributed by atoms with Gasteiger partial charge in [-0.15, -0.1) is 0 Å². The van der Waals surface area contributed by atoms with Crippen LogP contribution in [0.15, 0.2) is 29.2 Å². The smallest absolute Gasteiger partial charge is 0.211 e. The van der Waals surface area contributed by atoms with Gasteiger partial charge in [0.2, 0.25) is 5.43 Å². The van der Waals surface area contributed by atoms with Crippen LogP contribution in [0.2, 0.25) is 0 Å². The van der Waals surface area contributed by atoms with Gasteiger partial charge in [0.1, 0.15) is 5.75 Å². The van der Waals surface area contributed by atoms with Crippen molar-refractivity contribution < 1.29 is 5.11 Å². The molecule has 2 rings (SSSR count). The number of fused-ring (bicyclic) bond motifs is 1. The Labute approximate surface area is 67.5 Å². The van der Waals surface area contributed by atoms with Crippen molar-refractivity contribution in [2.45, 2.75) is 0 Å². The molecule has 0 saturated carbocycles. The van der Waals surface area contributed by atoms with Crippen molar-refractivity contribution in [2.24, 2.45) is 0 Å². The van der Waals surface area contributed by atoms with Gasteiger partial charge in [0.05, 0.1) is 17.1 Å². The van der Waals surface area contributed by atoms with Crippen molar-refractivity contribution in [3.63, 3.8) is 0 Å². The number of nitrogens with one attached hydrogen (secondary N) is 1. The summed E-state index contributed by atoms with van der Waals surface area (Å²) in [7, 11) is 0. The zero-order valence-corrected chi connectivity index (χ0v) is 6.11. The molecule has 1 aromatic heterocycles. The highest BCUT2D eigenvalue weighted by molar-refractivity contribution is 5.83. The van der Waals surface area contributed by atoms with E-state index in [1.165, 1.54) is 6.07 Å². The highest BCUT2D eigenvalue weighted by Crippen LogP contribution is 2.17. The fourth-order valence-corrected chi connectivity index (χ4v) is 1.12. The van der Waals surface area contributed by atoms with E-state index in [9.17, 15) is 9.90 Å². The van der Waals surface area contributed by atoms with Gasteiger partial charge in [-0.2, -0.15) is 5.10 Å². The minimum absolute atomic E-state index is 0.0175. The normalized spacial score (nSPS) is 10.3. The van der Waals surface area contributed by atoms with Crippen molar-refractivity contribution in [3.05, 3.63) is 34.6 Å². The van der Waals surface area contributed by atoms with Gasteiger partial charge >= 0.3 is 0 Å². The van der Waals surface area contributed by atoms with Crippen molar-refractivity contribution in [1.29, 1.82) is 0 Å². The molecule has 0 spiro atoms. The lowest BCUT2D eigenvalue weighted by molar-refractivity contribution is 0.481. The van der Waals surface area contributed by atoms with Crippen LogP contribution >= 0.6 is 0 Å². The second-order valence-electron chi connectivity index (χ2n) is 2.43. The standard InChI is InChI=1S/C8H6N2O2/c11-6-3-1-2-5-8(6)7(12)4-9-10-5/h1-4,11H,(H,10,12). The first-order chi connectivity index (χ1) is 5.79. The molecule has 0 atom stereocenters. The summed E-state index contributed by atoms with van der Waals surface area (Å²) in [6, 6.07) is 4.80. The number of H-pyrrole nitrogens is 1. The summed E-state index contributed by atoms with van der Waals surface area (Å²) in [5.41, 5.74) is 0.268. The number of phenols is 1. The van der Waals surface area contributed by atoms with E-state index in [1.54, 1.807) is 12.1 Å². The second kappa shape index (κ2) is 2.34. The molecule has 0 saturated heterocycles. The second-order valence-corrected chi connectivity index (χ2v) is 2.43. The van der Waals surface area contributed by atoms with Crippen LogP contribution in [0, 0.1) is 0 Å². The van der Waals surface area contributed by atoms with Gasteiger partial charge in [-0.25, -0.2) is 0 Å². The predicted molar refractivity (Wildman–Crippen MR) is 44.0 cm³/mol. The van der Waals surface area contributed by atoms with Gasteiger partial charge < -0.3 is 5.11 Å². The van der Waals surface area contributed by atoms with E-state index in [0.29, 0.717) is 5.52 Å². The van der Waals surface area contributed by atoms with E-state index in [0.717, 1.165) is 6.20 Å². The van der Waals surface area contributed by atoms with E-state index >= 15 is 0 Å². The minimum atomic E-state index is -0.276. The van der Waals surface area contributed by atoms with E-state index in [4.69, 9.17) is 0 Å². The first-order valence-electron chi connectivity index (χ1n) is 3.44. The Morgan fingerprint density at radius 1 is 1.42 bits per heavy atom. The molecule has 2 N–H and O–H groups in total. The topological polar surface area (TPSA) is 66.0 Å². The number of aromatic hydroxyl groups is 1. The molecule has 4 nitrogen and oxygen atoms in total. The number of rotatable bonds is 0. The molecular weight excluding hydrogens is 156 g/mol. The monoisotopic (exact) mass is 162 g/mol. The van der Waals surface area contributed by atoms with Crippen LogP contribution in [0.25, 0.3) is 10.9 Å². The van der Waals surface area contributed by atoms with Crippen LogP contribution in [0.5, 0.6) is 5.75 Å². The van der Waals surface area contributed by atoms with Crippen LogP contribution < -0.4 is 5.43 Å². The number of nitrogens with zero attached hydrogens (tertiary/aromatic N) is 1. The van der Waals surface area contributed by atoms with E-state index in [2.05, 4.69) is 10.2 Å². The Bertz CT molecular complexity index is 470. The third-order valence-electron chi connectivity index (χ3n) is 1.66. The first-order valence-corrected chi connectivity index (χ1v) is 3.44. The molecule has 0 radical (unpaired) electrons. The molecule has 4 heteroatoms. The Hall–Kier alpha value is -1.84. The lowest BCUT2D eigenvalue weighted by Crippen LogP contribution is -2.02. The first kappa shape index (κ1) is 6.84. The SMILES string of the molecule is O=c1cn[nH]c2cccc(O)c12. The number of aromatic nitrogens is 2. The van der Waals surface area contributed by atoms with Crippen LogP contribution in [0.3, 0.4) is 0 Å². The Morgan fingerprint density at radius 3 is 3.00 bits per heavy atom. The number of hydrogen-bond donors (Lipinski definition) is 2. The molecule has 0 aliphatic rings. The summed E-state index contributed by atoms with van der Waals surface area (Å²) >= 11 is 0. The maximum absolute atomic E-state index is 11.2. The molecule has 0 amide bonds. The number of phenolic OH excluding ortho intramolecular Hbond substituents is 1. The maximum Gasteiger partial charge on any atom is 0.211 e. The Morgan fingerprint density at radius 2 is 2.25 bits per heavy atom. The lowest BCUT2D eigenvalue weighted by Gasteiger charge is -1.96. The van der Waals surface area contributed by atoms with Crippen molar-refractivity contribution >= 4 is 10.9 Å². The average Bonchev–Trinajstić information content (AvgIpc) is 2.04. The van der Waals surface area contributed by atoms with E-state index in [-0.39, 0.29) is 16.6 Å². The van der Waals surface area contributed by atoms with Crippen LogP contribution in [-0.4, -0.2) is 15.3 Å². The Balaban J connectivity index is 3.07. The average molecular weight is 162 g/mol. The maximum atomic E-state index is 11.2. The molecular formula is C8H6N2O2. The van der Waals surface area contributed by atoms with Crippen molar-refractivity contribution in [2.75, 3.05) is 0 Å². The largest absolute Gasteiger partial charge is 0.507 e. The minimum Gasteiger partial charge on any atom is -0.507 e. The molecule has 0 aliphatic carbocycles. The van der Waals surface area contributed by atoms with E-state index in [1.807, 2.05) is 0 Å². The lowest BCUT2D eigenvalue weighted by atomic mass is 10.2. The summed E-state index contributed by atoms with van der Waals surface area (Å²) < 4.78 is 0. The third-order valence-corrected chi connectivity index (χ3v) is 1.66. The summed E-state index contributed by atoms with van der Waals surface area (Å²) in [6.07, 6.45) is 1.14. The van der Waals surface area contributed by atoms with Crippen LogP contribution in [0.4, 0.5) is 0 Å². The highest BCUT2D eigenvalue weighted by atomic mass is 16.3. The molecule has 60 valence electrons. The number of hydrogen-bond acceptors (Lipinski definition) is 3. The van der Waals surface area contributed by atoms with Gasteiger partial charge in [0, 0.05) is 0 Å². The number of aromatic amines is 1. The Kier molecular flexibility index (Phi) is 1.33. The molecule has 0 unspecified atom stereocenters. The molecule has 0 fully saturated rings. The number of benzene rings is 1. The quantitative estimate of drug-likeness (QED) is 0.597. The van der Waals surface area contributed by atoms with Gasteiger partial charge in [-0.1, -0.05) is 6.07 Å². The van der Waals surface area contributed by atoms with Crippen LogP contribution in [0.1, 0.15) is 0 Å². The molecule has 0 bridgehead atoms. The summed E-state index contributed by atoms with van der Waals surface area (Å²) in [6.45, 7) is 0. The molecule has 1 aromatic carbocycles. The van der Waals surface area contributed by atoms with Crippen LogP contribution in [-0.2, 0) is 0 Å².